The van der Waals surface area contributed by atoms with Crippen LogP contribution in [0.1, 0.15) is 45.9 Å². The van der Waals surface area contributed by atoms with Gasteiger partial charge in [0, 0.05) is 25.5 Å². The topological polar surface area (TPSA) is 55.3 Å². The van der Waals surface area contributed by atoms with Crippen LogP contribution in [0.5, 0.6) is 0 Å². The monoisotopic (exact) mass is 335 g/mol. The average molecular weight is 336 g/mol. The standard InChI is InChI=1S/C17H22ClN3O2/c1-16(2,3)23-15(22)21-6-4-17(5-7-21)8-12(9-17)14-19-10-13(18)11-20-14/h8,10-11H,4-7,9H2,1-3H3. The minimum Gasteiger partial charge on any atom is -0.444 e. The first-order valence-corrected chi connectivity index (χ1v) is 8.32. The number of carbonyl (C=O) groups is 1. The molecule has 1 saturated heterocycles. The number of piperidine rings is 1. The van der Waals surface area contributed by atoms with Crippen molar-refractivity contribution in [3.63, 3.8) is 0 Å². The van der Waals surface area contributed by atoms with Crippen molar-refractivity contribution < 1.29 is 9.53 Å². The summed E-state index contributed by atoms with van der Waals surface area (Å²) in [6.45, 7) is 7.15. The number of allylic oxidation sites excluding steroid dienone is 2. The van der Waals surface area contributed by atoms with E-state index >= 15 is 0 Å². The third kappa shape index (κ3) is 3.66. The fourth-order valence-corrected chi connectivity index (χ4v) is 3.22. The number of hydrogen-bond donors (Lipinski definition) is 0. The van der Waals surface area contributed by atoms with Gasteiger partial charge in [0.1, 0.15) is 5.60 Å². The first-order valence-electron chi connectivity index (χ1n) is 7.94. The van der Waals surface area contributed by atoms with E-state index in [4.69, 9.17) is 16.3 Å². The van der Waals surface area contributed by atoms with Gasteiger partial charge in [-0.15, -0.1) is 0 Å². The summed E-state index contributed by atoms with van der Waals surface area (Å²) in [5.41, 5.74) is 0.922. The number of hydrogen-bond acceptors (Lipinski definition) is 4. The highest BCUT2D eigenvalue weighted by molar-refractivity contribution is 6.30. The van der Waals surface area contributed by atoms with Crippen molar-refractivity contribution in [1.82, 2.24) is 14.9 Å². The lowest BCUT2D eigenvalue weighted by Gasteiger charge is -2.45. The van der Waals surface area contributed by atoms with Crippen LogP contribution in [-0.2, 0) is 4.74 Å². The number of carbonyl (C=O) groups excluding carboxylic acids is 1. The Morgan fingerprint density at radius 1 is 1.26 bits per heavy atom. The number of nitrogens with zero attached hydrogens (tertiary/aromatic N) is 3. The quantitative estimate of drug-likeness (QED) is 0.780. The molecule has 2 aliphatic rings. The largest absolute Gasteiger partial charge is 0.444 e. The van der Waals surface area contributed by atoms with Gasteiger partial charge in [-0.2, -0.15) is 0 Å². The smallest absolute Gasteiger partial charge is 0.410 e. The molecule has 2 heterocycles. The molecule has 1 aromatic rings. The number of likely N-dealkylation sites (tertiary alicyclic amines) is 1. The Balaban J connectivity index is 1.58. The summed E-state index contributed by atoms with van der Waals surface area (Å²) in [5.74, 6) is 0.759. The molecule has 5 nitrogen and oxygen atoms in total. The summed E-state index contributed by atoms with van der Waals surface area (Å²) in [7, 11) is 0. The van der Waals surface area contributed by atoms with E-state index in [1.165, 1.54) is 5.57 Å². The van der Waals surface area contributed by atoms with Crippen molar-refractivity contribution in [2.24, 2.45) is 5.41 Å². The maximum Gasteiger partial charge on any atom is 0.410 e. The molecule has 3 rings (SSSR count). The van der Waals surface area contributed by atoms with Crippen LogP contribution in [-0.4, -0.2) is 39.7 Å². The van der Waals surface area contributed by atoms with Gasteiger partial charge in [-0.1, -0.05) is 17.7 Å². The van der Waals surface area contributed by atoms with Crippen LogP contribution in [0.2, 0.25) is 5.02 Å². The zero-order valence-electron chi connectivity index (χ0n) is 13.8. The summed E-state index contributed by atoms with van der Waals surface area (Å²) in [6.07, 6.45) is 8.20. The van der Waals surface area contributed by atoms with Gasteiger partial charge in [-0.25, -0.2) is 14.8 Å². The highest BCUT2D eigenvalue weighted by Gasteiger charge is 2.42. The minimum atomic E-state index is -0.443. The molecule has 0 N–H and O–H groups in total. The number of rotatable bonds is 1. The molecule has 0 radical (unpaired) electrons. The first-order chi connectivity index (χ1) is 10.8. The number of amides is 1. The lowest BCUT2D eigenvalue weighted by atomic mass is 9.65. The van der Waals surface area contributed by atoms with Crippen LogP contribution < -0.4 is 0 Å². The zero-order chi connectivity index (χ0) is 16.7. The van der Waals surface area contributed by atoms with E-state index in [-0.39, 0.29) is 11.5 Å². The Kier molecular flexibility index (Phi) is 4.08. The number of halogens is 1. The molecule has 6 heteroatoms. The van der Waals surface area contributed by atoms with E-state index in [2.05, 4.69) is 16.0 Å². The molecule has 1 spiro atoms. The molecule has 1 fully saturated rings. The molecule has 1 aromatic heterocycles. The Hall–Kier alpha value is -1.62. The zero-order valence-corrected chi connectivity index (χ0v) is 14.6. The van der Waals surface area contributed by atoms with Crippen molar-refractivity contribution in [2.75, 3.05) is 13.1 Å². The summed E-state index contributed by atoms with van der Waals surface area (Å²) in [4.78, 5) is 22.4. The molecule has 0 saturated carbocycles. The molecule has 0 bridgehead atoms. The second kappa shape index (κ2) is 5.78. The van der Waals surface area contributed by atoms with E-state index in [1.54, 1.807) is 17.3 Å². The molecular weight excluding hydrogens is 314 g/mol. The SMILES string of the molecule is CC(C)(C)OC(=O)N1CCC2(C=C(c3ncc(Cl)cn3)C2)CC1. The Morgan fingerprint density at radius 2 is 1.83 bits per heavy atom. The Bertz CT molecular complexity index is 626. The number of aromatic nitrogens is 2. The molecule has 0 atom stereocenters. The third-order valence-corrected chi connectivity index (χ3v) is 4.54. The molecular formula is C17H22ClN3O2. The normalized spacial score (nSPS) is 20.0. The van der Waals surface area contributed by atoms with Crippen molar-refractivity contribution in [1.29, 1.82) is 0 Å². The molecule has 1 aliphatic carbocycles. The fraction of sp³-hybridized carbons (Fsp3) is 0.588. The van der Waals surface area contributed by atoms with Gasteiger partial charge < -0.3 is 9.64 Å². The average Bonchev–Trinajstić information content (AvgIpc) is 2.44. The lowest BCUT2D eigenvalue weighted by molar-refractivity contribution is 0.0137. The van der Waals surface area contributed by atoms with E-state index in [0.29, 0.717) is 5.02 Å². The van der Waals surface area contributed by atoms with Gasteiger partial charge in [0.25, 0.3) is 0 Å². The molecule has 124 valence electrons. The van der Waals surface area contributed by atoms with Crippen LogP contribution in [0, 0.1) is 5.41 Å². The number of ether oxygens (including phenoxy) is 1. The highest BCUT2D eigenvalue weighted by Crippen LogP contribution is 2.50. The first kappa shape index (κ1) is 16.2. The van der Waals surface area contributed by atoms with Gasteiger partial charge in [-0.3, -0.25) is 0 Å². The molecule has 0 unspecified atom stereocenters. The van der Waals surface area contributed by atoms with Gasteiger partial charge in [0.15, 0.2) is 5.82 Å². The van der Waals surface area contributed by atoms with Gasteiger partial charge in [0.05, 0.1) is 5.02 Å². The predicted molar refractivity (Wildman–Crippen MR) is 89.1 cm³/mol. The Labute approximate surface area is 141 Å². The lowest BCUT2D eigenvalue weighted by Crippen LogP contribution is -2.46. The maximum atomic E-state index is 12.1. The summed E-state index contributed by atoms with van der Waals surface area (Å²) in [6, 6.07) is 0. The van der Waals surface area contributed by atoms with Crippen LogP contribution in [0.4, 0.5) is 4.79 Å². The van der Waals surface area contributed by atoms with Crippen molar-refractivity contribution in [3.8, 4) is 0 Å². The van der Waals surface area contributed by atoms with Crippen molar-refractivity contribution in [3.05, 3.63) is 29.3 Å². The Morgan fingerprint density at radius 3 is 2.35 bits per heavy atom. The van der Waals surface area contributed by atoms with E-state index < -0.39 is 5.60 Å². The summed E-state index contributed by atoms with van der Waals surface area (Å²) < 4.78 is 5.44. The fourth-order valence-electron chi connectivity index (χ4n) is 3.12. The predicted octanol–water partition coefficient (Wildman–Crippen LogP) is 3.93. The van der Waals surface area contributed by atoms with Crippen molar-refractivity contribution in [2.45, 2.75) is 45.6 Å². The van der Waals surface area contributed by atoms with E-state index in [1.807, 2.05) is 20.8 Å². The van der Waals surface area contributed by atoms with E-state index in [0.717, 1.165) is 38.2 Å². The van der Waals surface area contributed by atoms with Gasteiger partial charge in [0.2, 0.25) is 0 Å². The van der Waals surface area contributed by atoms with Crippen molar-refractivity contribution >= 4 is 23.3 Å². The summed E-state index contributed by atoms with van der Waals surface area (Å²) in [5, 5.41) is 0.550. The molecule has 0 aromatic carbocycles. The van der Waals surface area contributed by atoms with Crippen LogP contribution >= 0.6 is 11.6 Å². The highest BCUT2D eigenvalue weighted by atomic mass is 35.5. The molecule has 1 aliphatic heterocycles. The summed E-state index contributed by atoms with van der Waals surface area (Å²) >= 11 is 5.82. The third-order valence-electron chi connectivity index (χ3n) is 4.34. The second-order valence-corrected chi connectivity index (χ2v) is 7.84. The molecule has 1 amide bonds. The van der Waals surface area contributed by atoms with Gasteiger partial charge >= 0.3 is 6.09 Å². The van der Waals surface area contributed by atoms with Crippen LogP contribution in [0.15, 0.2) is 18.5 Å². The second-order valence-electron chi connectivity index (χ2n) is 7.40. The maximum absolute atomic E-state index is 12.1. The van der Waals surface area contributed by atoms with E-state index in [9.17, 15) is 4.79 Å². The minimum absolute atomic E-state index is 0.191. The molecule has 23 heavy (non-hydrogen) atoms. The van der Waals surface area contributed by atoms with Crippen LogP contribution in [0.25, 0.3) is 5.57 Å². The van der Waals surface area contributed by atoms with Crippen LogP contribution in [0.3, 0.4) is 0 Å². The van der Waals surface area contributed by atoms with Gasteiger partial charge in [-0.05, 0) is 51.0 Å².